The van der Waals surface area contributed by atoms with Gasteiger partial charge < -0.3 is 9.15 Å². The molecule has 0 amide bonds. The highest BCUT2D eigenvalue weighted by Gasteiger charge is 2.20. The highest BCUT2D eigenvalue weighted by atomic mass is 32.1. The third-order valence-electron chi connectivity index (χ3n) is 2.43. The fraction of sp³-hybridized carbons (Fsp3) is 0.167. The summed E-state index contributed by atoms with van der Waals surface area (Å²) in [6.45, 7) is 0. The molecule has 2 rings (SSSR count). The molecule has 7 nitrogen and oxygen atoms in total. The van der Waals surface area contributed by atoms with Gasteiger partial charge in [0, 0.05) is 4.88 Å². The number of nitrogens with zero attached hydrogens (tertiary/aromatic N) is 1. The van der Waals surface area contributed by atoms with E-state index in [9.17, 15) is 19.7 Å². The van der Waals surface area contributed by atoms with Gasteiger partial charge in [0.25, 0.3) is 0 Å². The molecule has 2 aromatic heterocycles. The monoisotopic (exact) mass is 295 g/mol. The number of hydrogen-bond donors (Lipinski definition) is 0. The maximum absolute atomic E-state index is 12.0. The molecule has 104 valence electrons. The predicted molar refractivity (Wildman–Crippen MR) is 68.8 cm³/mol. The average molecular weight is 295 g/mol. The number of thiophene rings is 1. The number of carbonyl (C=O) groups excluding carboxylic acids is 2. The van der Waals surface area contributed by atoms with Gasteiger partial charge in [0.05, 0.1) is 24.5 Å². The van der Waals surface area contributed by atoms with Crippen molar-refractivity contribution in [1.82, 2.24) is 0 Å². The van der Waals surface area contributed by atoms with Crippen molar-refractivity contribution in [2.45, 2.75) is 6.42 Å². The Morgan fingerprint density at radius 1 is 1.35 bits per heavy atom. The largest absolute Gasteiger partial charge is 0.469 e. The average Bonchev–Trinajstić information content (AvgIpc) is 3.06. The molecule has 0 fully saturated rings. The molecule has 0 aliphatic carbocycles. The quantitative estimate of drug-likeness (QED) is 0.363. The Labute approximate surface area is 116 Å². The zero-order valence-corrected chi connectivity index (χ0v) is 11.1. The van der Waals surface area contributed by atoms with Gasteiger partial charge in [0.15, 0.2) is 5.76 Å². The number of nitro groups is 1. The molecule has 0 spiro atoms. The van der Waals surface area contributed by atoms with Gasteiger partial charge in [0.2, 0.25) is 5.78 Å². The second kappa shape index (κ2) is 5.66. The van der Waals surface area contributed by atoms with E-state index in [0.29, 0.717) is 9.75 Å². The molecule has 0 saturated carbocycles. The third-order valence-corrected chi connectivity index (χ3v) is 3.51. The number of esters is 1. The van der Waals surface area contributed by atoms with Gasteiger partial charge in [0.1, 0.15) is 4.92 Å². The zero-order valence-electron chi connectivity index (χ0n) is 10.3. The van der Waals surface area contributed by atoms with Crippen LogP contribution in [0.1, 0.15) is 20.3 Å². The van der Waals surface area contributed by atoms with Crippen LogP contribution < -0.4 is 0 Å². The second-order valence-corrected chi connectivity index (χ2v) is 4.91. The van der Waals surface area contributed by atoms with Crippen LogP contribution in [-0.2, 0) is 16.0 Å². The molecule has 0 saturated heterocycles. The van der Waals surface area contributed by atoms with Gasteiger partial charge in [-0.1, -0.05) is 0 Å². The van der Waals surface area contributed by atoms with Crippen molar-refractivity contribution in [3.63, 3.8) is 0 Å². The molecule has 0 aromatic carbocycles. The summed E-state index contributed by atoms with van der Waals surface area (Å²) in [4.78, 5) is 33.9. The number of ether oxygens (including phenoxy) is 1. The van der Waals surface area contributed by atoms with Crippen LogP contribution in [0.15, 0.2) is 28.7 Å². The molecule has 2 aromatic rings. The molecule has 0 N–H and O–H groups in total. The lowest BCUT2D eigenvalue weighted by atomic mass is 10.2. The fourth-order valence-electron chi connectivity index (χ4n) is 1.48. The molecule has 0 atom stereocenters. The van der Waals surface area contributed by atoms with E-state index >= 15 is 0 Å². The first-order chi connectivity index (χ1) is 9.51. The molecule has 0 bridgehead atoms. The summed E-state index contributed by atoms with van der Waals surface area (Å²) < 4.78 is 9.37. The first kappa shape index (κ1) is 13.9. The Bertz CT molecular complexity index is 671. The Kier molecular flexibility index (Phi) is 3.94. The summed E-state index contributed by atoms with van der Waals surface area (Å²) in [6.07, 6.45) is 0.0761. The maximum Gasteiger partial charge on any atom is 0.433 e. The number of rotatable bonds is 5. The fourth-order valence-corrected chi connectivity index (χ4v) is 2.42. The molecule has 0 aliphatic heterocycles. The topological polar surface area (TPSA) is 99.7 Å². The Morgan fingerprint density at radius 2 is 2.10 bits per heavy atom. The van der Waals surface area contributed by atoms with Crippen LogP contribution in [-0.4, -0.2) is 23.8 Å². The molecule has 0 aliphatic rings. The van der Waals surface area contributed by atoms with Crippen LogP contribution in [0.2, 0.25) is 0 Å². The van der Waals surface area contributed by atoms with E-state index in [1.807, 2.05) is 0 Å². The number of furan rings is 1. The molecule has 2 heterocycles. The molecule has 0 radical (unpaired) electrons. The first-order valence-electron chi connectivity index (χ1n) is 5.45. The Balaban J connectivity index is 2.16. The molecule has 20 heavy (non-hydrogen) atoms. The van der Waals surface area contributed by atoms with Crippen molar-refractivity contribution < 1.29 is 23.7 Å². The summed E-state index contributed by atoms with van der Waals surface area (Å²) in [7, 11) is 1.28. The van der Waals surface area contributed by atoms with Crippen molar-refractivity contribution >= 4 is 29.0 Å². The van der Waals surface area contributed by atoms with Gasteiger partial charge >= 0.3 is 11.9 Å². The highest BCUT2D eigenvalue weighted by molar-refractivity contribution is 7.14. The number of hydrogen-bond acceptors (Lipinski definition) is 7. The van der Waals surface area contributed by atoms with Crippen molar-refractivity contribution in [1.29, 1.82) is 0 Å². The predicted octanol–water partition coefficient (Wildman–Crippen LogP) is 2.20. The van der Waals surface area contributed by atoms with Crippen LogP contribution in [0.25, 0.3) is 0 Å². The number of carbonyl (C=O) groups is 2. The van der Waals surface area contributed by atoms with Gasteiger partial charge in [-0.05, 0) is 18.2 Å². The Morgan fingerprint density at radius 3 is 2.70 bits per heavy atom. The minimum atomic E-state index is -0.714. The summed E-state index contributed by atoms with van der Waals surface area (Å²) >= 11 is 1.12. The van der Waals surface area contributed by atoms with E-state index in [-0.39, 0.29) is 12.2 Å². The molecule has 8 heteroatoms. The maximum atomic E-state index is 12.0. The number of methoxy groups -OCH3 is 1. The molecular weight excluding hydrogens is 286 g/mol. The van der Waals surface area contributed by atoms with Crippen molar-refractivity contribution in [2.24, 2.45) is 0 Å². The van der Waals surface area contributed by atoms with Crippen LogP contribution in [0, 0.1) is 10.1 Å². The van der Waals surface area contributed by atoms with Gasteiger partial charge in [-0.2, -0.15) is 0 Å². The lowest BCUT2D eigenvalue weighted by molar-refractivity contribution is -0.402. The van der Waals surface area contributed by atoms with Crippen LogP contribution >= 0.6 is 11.3 Å². The minimum absolute atomic E-state index is 0.0761. The van der Waals surface area contributed by atoms with E-state index in [4.69, 9.17) is 4.42 Å². The smallest absolute Gasteiger partial charge is 0.433 e. The summed E-state index contributed by atoms with van der Waals surface area (Å²) in [5.41, 5.74) is 0. The number of ketones is 1. The molecule has 0 unspecified atom stereocenters. The van der Waals surface area contributed by atoms with Crippen LogP contribution in [0.4, 0.5) is 5.88 Å². The van der Waals surface area contributed by atoms with Crippen molar-refractivity contribution in [2.75, 3.05) is 7.11 Å². The van der Waals surface area contributed by atoms with Gasteiger partial charge in [-0.3, -0.25) is 19.7 Å². The standard InChI is InChI=1S/C12H9NO6S/c1-18-11(14)6-7-2-4-9(20-7)12(15)8-3-5-10(19-8)13(16)17/h2-5H,6H2,1H3. The van der Waals surface area contributed by atoms with Crippen LogP contribution in [0.3, 0.4) is 0 Å². The van der Waals surface area contributed by atoms with E-state index in [0.717, 1.165) is 17.4 Å². The van der Waals surface area contributed by atoms with E-state index < -0.39 is 22.6 Å². The first-order valence-corrected chi connectivity index (χ1v) is 6.27. The van der Waals surface area contributed by atoms with E-state index in [2.05, 4.69) is 4.74 Å². The lowest BCUT2D eigenvalue weighted by Gasteiger charge is -1.94. The van der Waals surface area contributed by atoms with Crippen LogP contribution in [0.5, 0.6) is 0 Å². The molecular formula is C12H9NO6S. The highest BCUT2D eigenvalue weighted by Crippen LogP contribution is 2.23. The van der Waals surface area contributed by atoms with Crippen molar-refractivity contribution in [3.8, 4) is 0 Å². The van der Waals surface area contributed by atoms with E-state index in [1.54, 1.807) is 12.1 Å². The van der Waals surface area contributed by atoms with Crippen molar-refractivity contribution in [3.05, 3.63) is 49.9 Å². The second-order valence-electron chi connectivity index (χ2n) is 3.74. The van der Waals surface area contributed by atoms with E-state index in [1.165, 1.54) is 13.2 Å². The summed E-state index contributed by atoms with van der Waals surface area (Å²) in [5.74, 6) is -1.46. The lowest BCUT2D eigenvalue weighted by Crippen LogP contribution is -2.02. The third kappa shape index (κ3) is 2.91. The summed E-state index contributed by atoms with van der Waals surface area (Å²) in [5, 5.41) is 10.5. The normalized spacial score (nSPS) is 10.2. The summed E-state index contributed by atoms with van der Waals surface area (Å²) in [6, 6.07) is 5.54. The van der Waals surface area contributed by atoms with Gasteiger partial charge in [-0.15, -0.1) is 11.3 Å². The Hall–Kier alpha value is -2.48. The minimum Gasteiger partial charge on any atom is -0.469 e. The zero-order chi connectivity index (χ0) is 14.7. The SMILES string of the molecule is COC(=O)Cc1ccc(C(=O)c2ccc([N+](=O)[O-])o2)s1. The van der Waals surface area contributed by atoms with Gasteiger partial charge in [-0.25, -0.2) is 0 Å².